The molecule has 0 aliphatic carbocycles. The van der Waals surface area contributed by atoms with Gasteiger partial charge in [0, 0.05) is 37.4 Å². The zero-order valence-corrected chi connectivity index (χ0v) is 46.5. The summed E-state index contributed by atoms with van der Waals surface area (Å²) in [5.74, 6) is 1.64. The first kappa shape index (κ1) is 59.7. The molecule has 0 spiro atoms. The summed E-state index contributed by atoms with van der Waals surface area (Å²) in [5, 5.41) is 41.8. The average molecular weight is 1230 g/mol. The van der Waals surface area contributed by atoms with Crippen molar-refractivity contribution in [2.24, 2.45) is 4.99 Å². The van der Waals surface area contributed by atoms with E-state index in [4.69, 9.17) is 53.4 Å². The van der Waals surface area contributed by atoms with Gasteiger partial charge in [0.2, 0.25) is 15.3 Å². The van der Waals surface area contributed by atoms with E-state index < -0.39 is 6.09 Å². The lowest BCUT2D eigenvalue weighted by molar-refractivity contribution is -0.115. The number of carbonyl (C=O) groups excluding carboxylic acids is 3. The number of aromatic nitrogens is 18. The number of rotatable bonds is 5. The third kappa shape index (κ3) is 19.2. The second-order valence-corrected chi connectivity index (χ2v) is 17.6. The van der Waals surface area contributed by atoms with Crippen molar-refractivity contribution in [3.8, 4) is 0 Å². The molecule has 9 aromatic heterocycles. The van der Waals surface area contributed by atoms with E-state index in [0.29, 0.717) is 50.4 Å². The van der Waals surface area contributed by atoms with Crippen LogP contribution >= 0.6 is 111 Å². The molecule has 0 radical (unpaired) electrons. The van der Waals surface area contributed by atoms with Crippen molar-refractivity contribution in [1.82, 2.24) is 99.6 Å². The normalized spacial score (nSPS) is 11.6. The number of isothiocyanates is 1. The lowest BCUT2D eigenvalue weighted by Gasteiger charge is -2.24. The highest BCUT2D eigenvalue weighted by Crippen LogP contribution is 2.21. The van der Waals surface area contributed by atoms with Gasteiger partial charge in [-0.2, -0.15) is 58.7 Å². The van der Waals surface area contributed by atoms with E-state index in [-0.39, 0.29) is 33.0 Å². The van der Waals surface area contributed by atoms with Crippen LogP contribution in [0.1, 0.15) is 13.8 Å². The monoisotopic (exact) mass is 1230 g/mol. The fourth-order valence-electron chi connectivity index (χ4n) is 4.72. The Morgan fingerprint density at radius 3 is 2.19 bits per heavy atom. The van der Waals surface area contributed by atoms with Crippen molar-refractivity contribution < 1.29 is 19.1 Å². The standard InChI is InChI=1S/C7H10N4O2S.C6H4BrClN4S.C6H5ClN4S.C6H8N4OS.C5H4N4OS.C3H5N3.C3H3NOS/c1-2-13-7(12)10-6(14)9-5-3-4-8-11-5;1-13-6-10-4-3(7)2-9-12(4)5(8)11-6;1-12-6-9-4-2-3-8-11(4)5(7)10-6;1-12-5-8-4-2-3-7-10(4)6(11)9-5;10-5-8-4(11)7-3-1-2-6-9(3)5;4-3-1-2-5-6-3;1-3(5)4-2-6/h3-4H,2H2,1H3,(H3,8,9,10,11,12,14);2H,1H3;2-3H,1H3;2-3,5,8H,1H3,(H,9,11);1-2,6H,(H,8,10,11);1-2H,(H3,4,5,6);1H3. The number of nitrogens with one attached hydrogen (secondary N) is 8. The molecular weight excluding hydrogens is 1190 g/mol. The van der Waals surface area contributed by atoms with Gasteiger partial charge in [-0.1, -0.05) is 23.5 Å². The molecule has 10 heterocycles. The summed E-state index contributed by atoms with van der Waals surface area (Å²) in [6.45, 7) is 3.34. The van der Waals surface area contributed by atoms with Gasteiger partial charge in [-0.05, 0) is 108 Å². The topological polar surface area (TPSA) is 374 Å². The number of nitrogen functional groups attached to an aromatic ring is 1. The first-order valence-electron chi connectivity index (χ1n) is 19.9. The largest absolute Gasteiger partial charge is 0.450 e. The number of halogens is 3. The van der Waals surface area contributed by atoms with Crippen LogP contribution in [0.3, 0.4) is 0 Å². The van der Waals surface area contributed by atoms with E-state index in [2.05, 4.69) is 130 Å². The Labute approximate surface area is 463 Å². The van der Waals surface area contributed by atoms with Crippen molar-refractivity contribution >= 4 is 174 Å². The van der Waals surface area contributed by atoms with Gasteiger partial charge in [-0.15, -0.1) is 11.8 Å². The number of aromatic amines is 4. The van der Waals surface area contributed by atoms with E-state index in [1.807, 2.05) is 23.9 Å². The molecule has 1 aliphatic rings. The van der Waals surface area contributed by atoms with E-state index in [9.17, 15) is 19.2 Å². The van der Waals surface area contributed by atoms with Gasteiger partial charge in [-0.25, -0.2) is 29.3 Å². The maximum Gasteiger partial charge on any atom is 0.413 e. The number of fused-ring (bicyclic) bond motifs is 4. The number of ether oxygens (including phenoxy) is 1. The number of anilines is 3. The highest BCUT2D eigenvalue weighted by molar-refractivity contribution is 9.10. The number of thiocarbonyl (C=S) groups is 2. The van der Waals surface area contributed by atoms with Crippen molar-refractivity contribution in [1.29, 1.82) is 0 Å². The van der Waals surface area contributed by atoms with Crippen LogP contribution in [0.4, 0.5) is 27.0 Å². The van der Waals surface area contributed by atoms with Gasteiger partial charge < -0.3 is 26.4 Å². The Bertz CT molecular complexity index is 3410. The quantitative estimate of drug-likeness (QED) is 0.0555. The fraction of sp³-hybridized carbons (Fsp3) is 0.194. The molecule has 1 atom stereocenters. The number of hydrogen-bond donors (Lipinski definition) is 9. The summed E-state index contributed by atoms with van der Waals surface area (Å²) in [6.07, 6.45) is 14.8. The number of nitrogens with two attached hydrogens (primary N) is 1. The number of nitrogens with zero attached hydrogens (tertiary/aromatic N) is 15. The van der Waals surface area contributed by atoms with E-state index in [0.717, 1.165) is 15.9 Å². The number of amides is 3. The Hall–Kier alpha value is -6.89. The maximum atomic E-state index is 11.3. The minimum Gasteiger partial charge on any atom is -0.450 e. The fourth-order valence-corrected chi connectivity index (χ4v) is 7.26. The Balaban J connectivity index is 0.000000190. The molecule has 3 amide bonds. The van der Waals surface area contributed by atoms with Crippen LogP contribution in [-0.4, -0.2) is 148 Å². The lowest BCUT2D eigenvalue weighted by Crippen LogP contribution is -2.46. The van der Waals surface area contributed by atoms with Crippen LogP contribution in [-0.2, 0) is 9.53 Å². The minimum absolute atomic E-state index is 0.0540. The average Bonchev–Trinajstić information content (AvgIpc) is 4.24. The van der Waals surface area contributed by atoms with Crippen molar-refractivity contribution in [3.63, 3.8) is 0 Å². The zero-order chi connectivity index (χ0) is 54.2. The Morgan fingerprint density at radius 2 is 1.59 bits per heavy atom. The summed E-state index contributed by atoms with van der Waals surface area (Å²) in [7, 11) is 0. The van der Waals surface area contributed by atoms with E-state index in [1.165, 1.54) is 60.4 Å². The van der Waals surface area contributed by atoms with Crippen molar-refractivity contribution in [3.05, 3.63) is 97.8 Å². The predicted octanol–water partition coefficient (Wildman–Crippen LogP) is 5.83. The molecule has 0 aromatic carbocycles. The lowest BCUT2D eigenvalue weighted by atomic mass is 10.6. The van der Waals surface area contributed by atoms with Gasteiger partial charge in [0.05, 0.1) is 47.2 Å². The summed E-state index contributed by atoms with van der Waals surface area (Å²) in [4.78, 5) is 68.7. The number of aliphatic imine (C=N–C) groups is 1. The molecule has 1 unspecified atom stereocenters. The van der Waals surface area contributed by atoms with E-state index in [1.54, 1.807) is 74.4 Å². The van der Waals surface area contributed by atoms with Crippen molar-refractivity contribution in [2.45, 2.75) is 29.7 Å². The summed E-state index contributed by atoms with van der Waals surface area (Å²) >= 11 is 33.0. The molecular formula is C36H39BrCl2N24O5S6. The molecule has 9 aromatic rings. The molecule has 10 rings (SSSR count). The second-order valence-electron chi connectivity index (χ2n) is 12.6. The summed E-state index contributed by atoms with van der Waals surface area (Å²) in [6, 6.07) is 8.41. The zero-order valence-electron chi connectivity index (χ0n) is 38.5. The second kappa shape index (κ2) is 31.0. The number of hydrogen-bond acceptors (Lipinski definition) is 23. The third-order valence-corrected chi connectivity index (χ3v) is 11.0. The predicted molar refractivity (Wildman–Crippen MR) is 295 cm³/mol. The molecule has 29 nitrogen and oxygen atoms in total. The number of carbonyl (C=O) groups is 3. The number of H-pyrrole nitrogens is 4. The molecule has 74 heavy (non-hydrogen) atoms. The van der Waals surface area contributed by atoms with Gasteiger partial charge in [0.1, 0.15) is 23.0 Å². The molecule has 0 saturated heterocycles. The Kier molecular flexibility index (Phi) is 25.0. The minimum atomic E-state index is -0.579. The van der Waals surface area contributed by atoms with Crippen LogP contribution < -0.4 is 32.7 Å². The van der Waals surface area contributed by atoms with Crippen molar-refractivity contribution in [2.75, 3.05) is 41.7 Å². The molecule has 10 N–H and O–H groups in total. The number of thioether (sulfide) groups is 3. The maximum absolute atomic E-state index is 11.3. The Morgan fingerprint density at radius 1 is 0.905 bits per heavy atom. The summed E-state index contributed by atoms with van der Waals surface area (Å²) < 4.78 is 11.2. The van der Waals surface area contributed by atoms with Gasteiger partial charge in [0.15, 0.2) is 32.4 Å². The third-order valence-electron chi connectivity index (χ3n) is 7.69. The van der Waals surface area contributed by atoms with Crippen LogP contribution in [0.5, 0.6) is 0 Å². The molecule has 0 bridgehead atoms. The highest BCUT2D eigenvalue weighted by atomic mass is 79.9. The van der Waals surface area contributed by atoms with Gasteiger partial charge in [-0.3, -0.25) is 30.4 Å². The van der Waals surface area contributed by atoms with Crippen LogP contribution in [0.2, 0.25) is 10.6 Å². The van der Waals surface area contributed by atoms with Gasteiger partial charge in [0.25, 0.3) is 5.91 Å². The SMILES string of the molecule is CC(=O)N=C=S.CCOC(=O)NC(=S)Nc1ccn[nH]1.CSC1NC(=O)n2nccc2N1.CSc1nc(Cl)n2ncc(Br)c2n1.CSc1nc(Cl)n2nccc2n1.Nc1ccn[nH]1.O=c1[nH]c(=S)nc2cc[nH]n12. The molecule has 0 fully saturated rings. The molecule has 1 aliphatic heterocycles. The smallest absolute Gasteiger partial charge is 0.413 e. The van der Waals surface area contributed by atoms with Crippen LogP contribution in [0, 0.1) is 4.77 Å². The summed E-state index contributed by atoms with van der Waals surface area (Å²) in [5.41, 5.74) is 6.74. The van der Waals surface area contributed by atoms with Crippen LogP contribution in [0.25, 0.3) is 16.9 Å². The first-order valence-corrected chi connectivity index (χ1v) is 26.4. The highest BCUT2D eigenvalue weighted by Gasteiger charge is 2.22. The molecule has 38 heteroatoms. The van der Waals surface area contributed by atoms with Gasteiger partial charge >= 0.3 is 17.8 Å². The number of alkyl carbamates (subject to hydrolysis) is 1. The first-order chi connectivity index (χ1) is 35.5. The molecule has 0 saturated carbocycles. The van der Waals surface area contributed by atoms with Crippen LogP contribution in [0.15, 0.2) is 92.1 Å². The van der Waals surface area contributed by atoms with E-state index >= 15 is 0 Å². The molecule has 390 valence electrons.